The third-order valence-electron chi connectivity index (χ3n) is 7.19. The molecule has 4 aliphatic rings. The van der Waals surface area contributed by atoms with Crippen molar-refractivity contribution in [3.8, 4) is 11.5 Å². The number of piperidine rings is 2. The van der Waals surface area contributed by atoms with Crippen LogP contribution in [-0.2, 0) is 4.79 Å². The molecule has 8 nitrogen and oxygen atoms in total. The van der Waals surface area contributed by atoms with Gasteiger partial charge in [-0.05, 0) is 44.5 Å². The number of thioether (sulfide) groups is 1. The monoisotopic (exact) mass is 527 g/mol. The zero-order valence-corrected chi connectivity index (χ0v) is 20.7. The quantitative estimate of drug-likeness (QED) is 0.476. The van der Waals surface area contributed by atoms with Gasteiger partial charge in [-0.25, -0.2) is 13.6 Å². The molecule has 3 saturated heterocycles. The molecule has 4 N–H and O–H groups in total. The van der Waals surface area contributed by atoms with Crippen molar-refractivity contribution in [2.45, 2.75) is 36.7 Å². The topological polar surface area (TPSA) is 94.7 Å². The fraction of sp³-hybridized carbons (Fsp3) is 0.385. The van der Waals surface area contributed by atoms with E-state index in [-0.39, 0.29) is 29.0 Å². The number of anilines is 1. The maximum Gasteiger partial charge on any atom is 0.326 e. The van der Waals surface area contributed by atoms with Gasteiger partial charge in [0.25, 0.3) is 5.91 Å². The van der Waals surface area contributed by atoms with Crippen molar-refractivity contribution < 1.29 is 23.1 Å². The Kier molecular flexibility index (Phi) is 6.51. The molecule has 6 rings (SSSR count). The van der Waals surface area contributed by atoms with Gasteiger partial charge in [-0.2, -0.15) is 0 Å². The standard InChI is InChI=1S/C26H27F2N5O3S/c27-17-11-16(36-15-6-2-1-3-7-15)12-18(28)22(17)33-19-8-10-30-25-20(19)21(32-26(33)35)23(37-25)24(34)31-14-5-4-9-29-13-14/h1-3,6-7,11-12,14,19-20,25,29-30H,4-5,8-10,13H2,(H,31,34)(H,32,35)/t14-,19?,20?,25?/m1/s1. The fourth-order valence-corrected chi connectivity index (χ4v) is 6.96. The number of halogens is 2. The van der Waals surface area contributed by atoms with Crippen LogP contribution in [0.2, 0.25) is 0 Å². The number of nitrogens with zero attached hydrogens (tertiary/aromatic N) is 1. The minimum absolute atomic E-state index is 0.00118. The zero-order chi connectivity index (χ0) is 25.5. The van der Waals surface area contributed by atoms with Crippen LogP contribution in [0.3, 0.4) is 0 Å². The van der Waals surface area contributed by atoms with Crippen LogP contribution in [0.25, 0.3) is 0 Å². The van der Waals surface area contributed by atoms with Crippen molar-refractivity contribution in [3.05, 3.63) is 64.7 Å². The summed E-state index contributed by atoms with van der Waals surface area (Å²) in [5.74, 6) is -1.87. The number of para-hydroxylation sites is 1. The molecule has 2 aromatic rings. The van der Waals surface area contributed by atoms with Crippen LogP contribution in [0.15, 0.2) is 53.1 Å². The summed E-state index contributed by atoms with van der Waals surface area (Å²) in [5, 5.41) is 12.4. The molecule has 0 saturated carbocycles. The fourth-order valence-electron chi connectivity index (χ4n) is 5.56. The van der Waals surface area contributed by atoms with Gasteiger partial charge in [0.05, 0.1) is 16.3 Å². The normalized spacial score (nSPS) is 27.0. The molecule has 0 bridgehead atoms. The van der Waals surface area contributed by atoms with E-state index < -0.39 is 29.4 Å². The molecule has 4 heterocycles. The van der Waals surface area contributed by atoms with Gasteiger partial charge in [-0.15, -0.1) is 0 Å². The second kappa shape index (κ2) is 9.96. The van der Waals surface area contributed by atoms with E-state index in [1.807, 2.05) is 6.07 Å². The second-order valence-corrected chi connectivity index (χ2v) is 10.7. The highest BCUT2D eigenvalue weighted by Gasteiger charge is 2.52. The smallest absolute Gasteiger partial charge is 0.326 e. The number of ether oxygens (including phenoxy) is 1. The van der Waals surface area contributed by atoms with Gasteiger partial charge in [-0.3, -0.25) is 9.69 Å². The van der Waals surface area contributed by atoms with Crippen molar-refractivity contribution in [2.24, 2.45) is 5.92 Å². The van der Waals surface area contributed by atoms with Crippen LogP contribution in [0.5, 0.6) is 11.5 Å². The Hall–Kier alpha value is -3.15. The summed E-state index contributed by atoms with van der Waals surface area (Å²) in [6, 6.07) is 9.73. The van der Waals surface area contributed by atoms with Crippen molar-refractivity contribution in [1.82, 2.24) is 21.3 Å². The van der Waals surface area contributed by atoms with E-state index in [0.717, 1.165) is 31.5 Å². The van der Waals surface area contributed by atoms with Crippen molar-refractivity contribution in [1.29, 1.82) is 0 Å². The van der Waals surface area contributed by atoms with Gasteiger partial charge in [-0.1, -0.05) is 30.0 Å². The predicted octanol–water partition coefficient (Wildman–Crippen LogP) is 3.42. The van der Waals surface area contributed by atoms with Crippen molar-refractivity contribution in [3.63, 3.8) is 0 Å². The van der Waals surface area contributed by atoms with Crippen LogP contribution in [0, 0.1) is 17.6 Å². The third-order valence-corrected chi connectivity index (χ3v) is 8.54. The highest BCUT2D eigenvalue weighted by Crippen LogP contribution is 2.48. The molecule has 4 atom stereocenters. The van der Waals surface area contributed by atoms with Gasteiger partial charge >= 0.3 is 6.03 Å². The van der Waals surface area contributed by atoms with E-state index >= 15 is 8.78 Å². The summed E-state index contributed by atoms with van der Waals surface area (Å²) in [5.41, 5.74) is 0.110. The first kappa shape index (κ1) is 24.2. The lowest BCUT2D eigenvalue weighted by atomic mass is 9.86. The minimum Gasteiger partial charge on any atom is -0.457 e. The second-order valence-electron chi connectivity index (χ2n) is 9.58. The van der Waals surface area contributed by atoms with E-state index in [1.54, 1.807) is 24.3 Å². The van der Waals surface area contributed by atoms with Gasteiger partial charge in [0, 0.05) is 36.3 Å². The summed E-state index contributed by atoms with van der Waals surface area (Å²) >= 11 is 1.37. The summed E-state index contributed by atoms with van der Waals surface area (Å²) in [4.78, 5) is 28.1. The number of urea groups is 1. The molecule has 3 unspecified atom stereocenters. The average molecular weight is 528 g/mol. The number of nitrogens with one attached hydrogen (secondary N) is 4. The molecule has 0 spiro atoms. The molecule has 3 amide bonds. The van der Waals surface area contributed by atoms with Crippen LogP contribution >= 0.6 is 11.8 Å². The molecule has 2 aromatic carbocycles. The van der Waals surface area contributed by atoms with Crippen molar-refractivity contribution in [2.75, 3.05) is 24.5 Å². The van der Waals surface area contributed by atoms with Crippen LogP contribution in [-0.4, -0.2) is 49.0 Å². The van der Waals surface area contributed by atoms with E-state index in [1.165, 1.54) is 16.7 Å². The Bertz CT molecular complexity index is 1230. The summed E-state index contributed by atoms with van der Waals surface area (Å²) in [7, 11) is 0. The lowest BCUT2D eigenvalue weighted by molar-refractivity contribution is -0.117. The molecular formula is C26H27F2N5O3S. The van der Waals surface area contributed by atoms with E-state index in [0.29, 0.717) is 35.9 Å². The largest absolute Gasteiger partial charge is 0.457 e. The van der Waals surface area contributed by atoms with Gasteiger partial charge in [0.2, 0.25) is 0 Å². The maximum absolute atomic E-state index is 15.4. The van der Waals surface area contributed by atoms with Crippen LogP contribution in [0.1, 0.15) is 19.3 Å². The Morgan fingerprint density at radius 3 is 2.59 bits per heavy atom. The molecule has 194 valence electrons. The molecule has 0 aromatic heterocycles. The van der Waals surface area contributed by atoms with Gasteiger partial charge < -0.3 is 26.0 Å². The zero-order valence-electron chi connectivity index (χ0n) is 19.9. The lowest BCUT2D eigenvalue weighted by Crippen LogP contribution is -2.62. The number of carbonyl (C=O) groups is 2. The molecule has 3 fully saturated rings. The maximum atomic E-state index is 15.4. The van der Waals surface area contributed by atoms with E-state index in [2.05, 4.69) is 21.3 Å². The summed E-state index contributed by atoms with van der Waals surface area (Å²) in [6.45, 7) is 2.19. The number of carbonyl (C=O) groups excluding carboxylic acids is 2. The lowest BCUT2D eigenvalue weighted by Gasteiger charge is -2.45. The SMILES string of the molecule is O=C(N[C@@H]1CCCNC1)C1=C2NC(=O)N(c3c(F)cc(Oc4ccccc4)cc3F)C3CCNC(S1)C23. The number of hydrogen-bond donors (Lipinski definition) is 4. The van der Waals surface area contributed by atoms with Crippen LogP contribution < -0.4 is 30.9 Å². The Morgan fingerprint density at radius 2 is 1.86 bits per heavy atom. The van der Waals surface area contributed by atoms with E-state index in [4.69, 9.17) is 4.74 Å². The third kappa shape index (κ3) is 4.55. The first-order chi connectivity index (χ1) is 18.0. The van der Waals surface area contributed by atoms with Gasteiger partial charge in [0.1, 0.15) is 17.2 Å². The Balaban J connectivity index is 1.28. The van der Waals surface area contributed by atoms with Gasteiger partial charge in [0.15, 0.2) is 11.6 Å². The Morgan fingerprint density at radius 1 is 1.08 bits per heavy atom. The van der Waals surface area contributed by atoms with Crippen molar-refractivity contribution >= 4 is 29.4 Å². The van der Waals surface area contributed by atoms with E-state index in [9.17, 15) is 9.59 Å². The molecule has 37 heavy (non-hydrogen) atoms. The van der Waals surface area contributed by atoms with Crippen LogP contribution in [0.4, 0.5) is 19.3 Å². The summed E-state index contributed by atoms with van der Waals surface area (Å²) in [6.07, 6.45) is 2.36. The molecule has 0 radical (unpaired) electrons. The summed E-state index contributed by atoms with van der Waals surface area (Å²) < 4.78 is 36.3. The minimum atomic E-state index is -0.892. The number of benzene rings is 2. The molecule has 0 aliphatic carbocycles. The first-order valence-electron chi connectivity index (χ1n) is 12.5. The predicted molar refractivity (Wildman–Crippen MR) is 136 cm³/mol. The molecule has 4 aliphatic heterocycles. The number of hydrogen-bond acceptors (Lipinski definition) is 6. The number of rotatable bonds is 5. The first-order valence-corrected chi connectivity index (χ1v) is 13.4. The highest BCUT2D eigenvalue weighted by atomic mass is 32.2. The average Bonchev–Trinajstić information content (AvgIpc) is 3.26. The highest BCUT2D eigenvalue weighted by molar-refractivity contribution is 8.04. The number of amides is 3. The molecule has 11 heteroatoms. The Labute approximate surface area is 217 Å². The molecular weight excluding hydrogens is 500 g/mol.